The fraction of sp³-hybridized carbons (Fsp3) is 0.588. The fourth-order valence-corrected chi connectivity index (χ4v) is 4.84. The van der Waals surface area contributed by atoms with Crippen LogP contribution in [-0.2, 0) is 14.6 Å². The van der Waals surface area contributed by atoms with Crippen LogP contribution in [0.15, 0.2) is 24.3 Å². The molecule has 1 aromatic rings. The maximum absolute atomic E-state index is 12.6. The van der Waals surface area contributed by atoms with Gasteiger partial charge in [-0.2, -0.15) is 0 Å². The van der Waals surface area contributed by atoms with Crippen LogP contribution in [0, 0.1) is 0 Å². The number of carbonyl (C=O) groups is 1. The molecular weight excluding hydrogens is 314 g/mol. The normalized spacial score (nSPS) is 20.9. The highest BCUT2D eigenvalue weighted by atomic mass is 32.2. The highest BCUT2D eigenvalue weighted by Crippen LogP contribution is 2.25. The molecule has 0 N–H and O–H groups in total. The molecule has 23 heavy (non-hydrogen) atoms. The average Bonchev–Trinajstić information content (AvgIpc) is 2.87. The summed E-state index contributed by atoms with van der Waals surface area (Å²) in [6.07, 6.45) is 0.924. The van der Waals surface area contributed by atoms with Crippen molar-refractivity contribution < 1.29 is 17.9 Å². The molecule has 128 valence electrons. The van der Waals surface area contributed by atoms with Crippen LogP contribution in [0.25, 0.3) is 0 Å². The van der Waals surface area contributed by atoms with Crippen LogP contribution in [0.2, 0.25) is 0 Å². The minimum atomic E-state index is -2.98. The van der Waals surface area contributed by atoms with Gasteiger partial charge in [0.05, 0.1) is 18.6 Å². The van der Waals surface area contributed by atoms with Gasteiger partial charge in [0.1, 0.15) is 5.75 Å². The number of amides is 1. The van der Waals surface area contributed by atoms with E-state index in [-0.39, 0.29) is 29.4 Å². The molecule has 2 rings (SSSR count). The molecule has 0 aromatic heterocycles. The molecular formula is C17H25NO4S. The SMILES string of the molecule is CCN(C(=O)CC(C)c1cccc(OC)c1)C1CCS(=O)(=O)C1. The molecule has 1 fully saturated rings. The molecule has 0 aliphatic carbocycles. The number of carbonyl (C=O) groups excluding carboxylic acids is 1. The first-order valence-electron chi connectivity index (χ1n) is 8.00. The first-order valence-corrected chi connectivity index (χ1v) is 9.82. The number of sulfone groups is 1. The molecule has 1 heterocycles. The molecule has 0 saturated carbocycles. The Morgan fingerprint density at radius 3 is 2.74 bits per heavy atom. The van der Waals surface area contributed by atoms with Crippen LogP contribution in [0.4, 0.5) is 0 Å². The number of methoxy groups -OCH3 is 1. The van der Waals surface area contributed by atoms with Gasteiger partial charge in [-0.05, 0) is 37.0 Å². The van der Waals surface area contributed by atoms with E-state index in [9.17, 15) is 13.2 Å². The van der Waals surface area contributed by atoms with E-state index in [1.54, 1.807) is 12.0 Å². The molecule has 1 aliphatic heterocycles. The number of ether oxygens (including phenoxy) is 1. The first kappa shape index (κ1) is 17.8. The minimum Gasteiger partial charge on any atom is -0.497 e. The summed E-state index contributed by atoms with van der Waals surface area (Å²) in [5, 5.41) is 0. The van der Waals surface area contributed by atoms with Crippen LogP contribution >= 0.6 is 0 Å². The molecule has 0 radical (unpaired) electrons. The zero-order chi connectivity index (χ0) is 17.0. The van der Waals surface area contributed by atoms with Crippen molar-refractivity contribution in [2.75, 3.05) is 25.2 Å². The number of rotatable bonds is 6. The zero-order valence-electron chi connectivity index (χ0n) is 14.0. The van der Waals surface area contributed by atoms with Gasteiger partial charge in [-0.25, -0.2) is 8.42 Å². The maximum Gasteiger partial charge on any atom is 0.223 e. The molecule has 2 unspecified atom stereocenters. The van der Waals surface area contributed by atoms with Gasteiger partial charge in [0.15, 0.2) is 9.84 Å². The number of hydrogen-bond acceptors (Lipinski definition) is 4. The Kier molecular flexibility index (Phi) is 5.68. The van der Waals surface area contributed by atoms with E-state index in [0.29, 0.717) is 19.4 Å². The van der Waals surface area contributed by atoms with Gasteiger partial charge in [0.2, 0.25) is 5.91 Å². The van der Waals surface area contributed by atoms with Crippen LogP contribution < -0.4 is 4.74 Å². The summed E-state index contributed by atoms with van der Waals surface area (Å²) in [6.45, 7) is 4.45. The van der Waals surface area contributed by atoms with Crippen molar-refractivity contribution in [2.45, 2.75) is 38.6 Å². The lowest BCUT2D eigenvalue weighted by atomic mass is 9.96. The monoisotopic (exact) mass is 339 g/mol. The highest BCUT2D eigenvalue weighted by Gasteiger charge is 2.34. The van der Waals surface area contributed by atoms with Crippen LogP contribution in [0.1, 0.15) is 38.2 Å². The number of nitrogens with zero attached hydrogens (tertiary/aromatic N) is 1. The van der Waals surface area contributed by atoms with E-state index in [0.717, 1.165) is 11.3 Å². The molecule has 0 bridgehead atoms. The summed E-state index contributed by atoms with van der Waals surface area (Å²) < 4.78 is 28.5. The average molecular weight is 339 g/mol. The highest BCUT2D eigenvalue weighted by molar-refractivity contribution is 7.91. The van der Waals surface area contributed by atoms with E-state index in [2.05, 4.69) is 0 Å². The van der Waals surface area contributed by atoms with Crippen molar-refractivity contribution in [3.63, 3.8) is 0 Å². The topological polar surface area (TPSA) is 63.7 Å². The van der Waals surface area contributed by atoms with Crippen molar-refractivity contribution in [1.29, 1.82) is 0 Å². The maximum atomic E-state index is 12.6. The standard InChI is InChI=1S/C17H25NO4S/c1-4-18(15-8-9-23(20,21)12-15)17(19)10-13(2)14-6-5-7-16(11-14)22-3/h5-7,11,13,15H,4,8-10,12H2,1-3H3. The third-order valence-electron chi connectivity index (χ3n) is 4.45. The van der Waals surface area contributed by atoms with Crippen LogP contribution in [-0.4, -0.2) is 50.4 Å². The van der Waals surface area contributed by atoms with E-state index in [4.69, 9.17) is 4.74 Å². The smallest absolute Gasteiger partial charge is 0.223 e. The molecule has 1 amide bonds. The second kappa shape index (κ2) is 7.34. The second-order valence-electron chi connectivity index (χ2n) is 6.12. The molecule has 1 aliphatic rings. The summed E-state index contributed by atoms with van der Waals surface area (Å²) in [5.74, 6) is 1.14. The summed E-state index contributed by atoms with van der Waals surface area (Å²) in [6, 6.07) is 7.54. The van der Waals surface area contributed by atoms with Crippen molar-refractivity contribution in [3.8, 4) is 5.75 Å². The molecule has 5 nitrogen and oxygen atoms in total. The Morgan fingerprint density at radius 2 is 2.17 bits per heavy atom. The minimum absolute atomic E-state index is 0.0184. The Balaban J connectivity index is 2.04. The Labute approximate surface area is 138 Å². The Hall–Kier alpha value is -1.56. The summed E-state index contributed by atoms with van der Waals surface area (Å²) >= 11 is 0. The van der Waals surface area contributed by atoms with Crippen LogP contribution in [0.3, 0.4) is 0 Å². The van der Waals surface area contributed by atoms with Gasteiger partial charge in [-0.1, -0.05) is 19.1 Å². The predicted molar refractivity (Wildman–Crippen MR) is 90.5 cm³/mol. The van der Waals surface area contributed by atoms with Gasteiger partial charge in [0, 0.05) is 19.0 Å². The van der Waals surface area contributed by atoms with Crippen molar-refractivity contribution in [2.24, 2.45) is 0 Å². The Bertz CT molecular complexity index is 656. The van der Waals surface area contributed by atoms with Gasteiger partial charge < -0.3 is 9.64 Å². The number of hydrogen-bond donors (Lipinski definition) is 0. The summed E-state index contributed by atoms with van der Waals surface area (Å²) in [4.78, 5) is 14.3. The van der Waals surface area contributed by atoms with E-state index in [1.165, 1.54) is 0 Å². The van der Waals surface area contributed by atoms with Gasteiger partial charge in [-0.15, -0.1) is 0 Å². The quantitative estimate of drug-likeness (QED) is 0.797. The van der Waals surface area contributed by atoms with Gasteiger partial charge in [0.25, 0.3) is 0 Å². The molecule has 1 aromatic carbocycles. The lowest BCUT2D eigenvalue weighted by molar-refractivity contribution is -0.133. The first-order chi connectivity index (χ1) is 10.9. The van der Waals surface area contributed by atoms with Crippen molar-refractivity contribution in [3.05, 3.63) is 29.8 Å². The number of benzene rings is 1. The van der Waals surface area contributed by atoms with Crippen LogP contribution in [0.5, 0.6) is 5.75 Å². The van der Waals surface area contributed by atoms with E-state index >= 15 is 0 Å². The summed E-state index contributed by atoms with van der Waals surface area (Å²) in [7, 11) is -1.36. The van der Waals surface area contributed by atoms with E-state index in [1.807, 2.05) is 38.1 Å². The van der Waals surface area contributed by atoms with Gasteiger partial charge in [-0.3, -0.25) is 4.79 Å². The zero-order valence-corrected chi connectivity index (χ0v) is 14.8. The van der Waals surface area contributed by atoms with Crippen molar-refractivity contribution in [1.82, 2.24) is 4.90 Å². The third-order valence-corrected chi connectivity index (χ3v) is 6.20. The van der Waals surface area contributed by atoms with Gasteiger partial charge >= 0.3 is 0 Å². The second-order valence-corrected chi connectivity index (χ2v) is 8.35. The predicted octanol–water partition coefficient (Wildman–Crippen LogP) is 2.22. The molecule has 0 spiro atoms. The van der Waals surface area contributed by atoms with Crippen molar-refractivity contribution >= 4 is 15.7 Å². The molecule has 1 saturated heterocycles. The largest absolute Gasteiger partial charge is 0.497 e. The molecule has 6 heteroatoms. The summed E-state index contributed by atoms with van der Waals surface area (Å²) in [5.41, 5.74) is 1.05. The molecule has 2 atom stereocenters. The third kappa shape index (κ3) is 4.47. The van der Waals surface area contributed by atoms with E-state index < -0.39 is 9.84 Å². The fourth-order valence-electron chi connectivity index (χ4n) is 3.10. The lowest BCUT2D eigenvalue weighted by Crippen LogP contribution is -2.41. The Morgan fingerprint density at radius 1 is 1.43 bits per heavy atom. The lowest BCUT2D eigenvalue weighted by Gasteiger charge is -2.28.